The van der Waals surface area contributed by atoms with Crippen LogP contribution in [-0.2, 0) is 39.8 Å². The summed E-state index contributed by atoms with van der Waals surface area (Å²) in [6.07, 6.45) is 21.2. The Morgan fingerprint density at radius 1 is 0.986 bits per heavy atom. The van der Waals surface area contributed by atoms with E-state index in [0.717, 1.165) is 101 Å². The van der Waals surface area contributed by atoms with Crippen LogP contribution in [0.4, 0.5) is 0 Å². The molecule has 4 N–H and O–H groups in total. The van der Waals surface area contributed by atoms with Crippen LogP contribution >= 0.6 is 0 Å². The van der Waals surface area contributed by atoms with Crippen molar-refractivity contribution < 1.29 is 53.1 Å². The van der Waals surface area contributed by atoms with Crippen molar-refractivity contribution in [2.75, 3.05) is 26.4 Å². The summed E-state index contributed by atoms with van der Waals surface area (Å²) < 4.78 is 35.5. The standard InChI is InChI=1S/C57H70N2O11/c1-50-23-32-24-52-22-29-10-15-54(52)49(65)67-27-53-43(32)55(33-6-4-3-5-7-33,45(63)42(62)44(53)51(2)14-11-34(20-35(52)18-29)56(53,54)70-51)57(50)47(69-57)48(64)68-46(50)37-13-17-66-41(37)21-38(40(61)26-60)30-8-9-36-31(19-30)12-16-59-28-58-25-39(36)59/h10-13,15-17,29-33,35-36,38-40,43-47,58,60-61,63H,3-9,14,18-28H2,1-2H3/t29-,30+,31-,32-,35-,36+,38+,39-,40-,43-,44-,45-,46+,47-,50+,51+,52+,53-,54-,55+,56-,57-/m1/s1. The maximum Gasteiger partial charge on any atom is 0.339 e. The van der Waals surface area contributed by atoms with Gasteiger partial charge in [-0.05, 0) is 154 Å². The Hall–Kier alpha value is -3.33. The molecular formula is C57H70N2O11. The van der Waals surface area contributed by atoms with E-state index >= 15 is 14.4 Å². The summed E-state index contributed by atoms with van der Waals surface area (Å²) in [5.41, 5.74) is -6.36. The summed E-state index contributed by atoms with van der Waals surface area (Å²) >= 11 is 0. The molecule has 8 heterocycles. The van der Waals surface area contributed by atoms with Gasteiger partial charge in [-0.2, -0.15) is 0 Å². The zero-order valence-corrected chi connectivity index (χ0v) is 40.7. The summed E-state index contributed by atoms with van der Waals surface area (Å²) in [5.74, 6) is -0.408. The smallest absolute Gasteiger partial charge is 0.339 e. The molecule has 12 fully saturated rings. The number of furan rings is 1. The first kappa shape index (κ1) is 43.1. The Balaban J connectivity index is 0.879. The number of epoxide rings is 1. The molecule has 70 heavy (non-hydrogen) atoms. The number of ether oxygens (including phenoxy) is 4. The molecule has 374 valence electrons. The van der Waals surface area contributed by atoms with Gasteiger partial charge in [0.15, 0.2) is 11.9 Å². The first-order valence-electron chi connectivity index (χ1n) is 27.7. The molecule has 7 aliphatic heterocycles. The second kappa shape index (κ2) is 13.5. The summed E-state index contributed by atoms with van der Waals surface area (Å²) in [5, 5.41) is 39.9. The maximum absolute atomic E-state index is 16.4. The van der Waals surface area contributed by atoms with Gasteiger partial charge in [-0.15, -0.1) is 0 Å². The molecule has 0 amide bonds. The molecule has 0 aromatic carbocycles. The van der Waals surface area contributed by atoms with Gasteiger partial charge in [0, 0.05) is 35.4 Å². The van der Waals surface area contributed by atoms with Gasteiger partial charge in [0.05, 0.1) is 42.6 Å². The molecule has 22 atom stereocenters. The van der Waals surface area contributed by atoms with Crippen LogP contribution in [-0.4, -0.2) is 106 Å². The Bertz CT molecular complexity index is 2620. The van der Waals surface area contributed by atoms with Crippen LogP contribution in [0.25, 0.3) is 0 Å². The van der Waals surface area contributed by atoms with Gasteiger partial charge in [-0.3, -0.25) is 14.9 Å². The lowest BCUT2D eigenvalue weighted by Gasteiger charge is -2.73. The van der Waals surface area contributed by atoms with E-state index in [1.54, 1.807) is 6.26 Å². The molecule has 5 spiro atoms. The number of carbonyl (C=O) groups is 3. The van der Waals surface area contributed by atoms with Gasteiger partial charge in [-0.1, -0.05) is 50.5 Å². The molecule has 5 saturated heterocycles. The van der Waals surface area contributed by atoms with Crippen molar-refractivity contribution in [3.8, 4) is 0 Å². The zero-order chi connectivity index (χ0) is 47.3. The van der Waals surface area contributed by atoms with Crippen molar-refractivity contribution in [1.82, 2.24) is 10.2 Å². The number of cyclic esters (lactones) is 2. The molecule has 0 radical (unpaired) electrons. The van der Waals surface area contributed by atoms with E-state index < -0.39 is 80.2 Å². The lowest BCUT2D eigenvalue weighted by atomic mass is 9.29. The zero-order valence-electron chi connectivity index (χ0n) is 40.7. The van der Waals surface area contributed by atoms with Crippen molar-refractivity contribution in [2.45, 2.75) is 157 Å². The third-order valence-corrected chi connectivity index (χ3v) is 24.7. The highest BCUT2D eigenvalue weighted by atomic mass is 16.7. The normalized spacial score (nSPS) is 55.3. The highest BCUT2D eigenvalue weighted by Crippen LogP contribution is 2.92. The van der Waals surface area contributed by atoms with E-state index in [1.165, 1.54) is 0 Å². The van der Waals surface area contributed by atoms with Gasteiger partial charge < -0.3 is 43.6 Å². The molecule has 16 rings (SSSR count). The fraction of sp³-hybridized carbons (Fsp3) is 0.772. The summed E-state index contributed by atoms with van der Waals surface area (Å²) in [7, 11) is 0. The molecule has 8 aliphatic carbocycles. The number of hydrogen-bond donors (Lipinski definition) is 4. The highest BCUT2D eigenvalue weighted by molar-refractivity contribution is 5.95. The predicted molar refractivity (Wildman–Crippen MR) is 248 cm³/mol. The van der Waals surface area contributed by atoms with Gasteiger partial charge in [0.1, 0.15) is 41.2 Å². The summed E-state index contributed by atoms with van der Waals surface area (Å²) in [6.45, 7) is 5.83. The van der Waals surface area contributed by atoms with Gasteiger partial charge >= 0.3 is 11.9 Å². The van der Waals surface area contributed by atoms with Crippen molar-refractivity contribution in [1.29, 1.82) is 0 Å². The molecule has 1 aromatic heterocycles. The third-order valence-electron chi connectivity index (χ3n) is 24.7. The predicted octanol–water partition coefficient (Wildman–Crippen LogP) is 5.86. The number of hydrogen-bond acceptors (Lipinski definition) is 13. The van der Waals surface area contributed by atoms with Crippen LogP contribution in [0, 0.1) is 86.3 Å². The van der Waals surface area contributed by atoms with E-state index in [9.17, 15) is 15.3 Å². The molecular weight excluding hydrogens is 889 g/mol. The van der Waals surface area contributed by atoms with Crippen molar-refractivity contribution in [2.24, 2.45) is 86.3 Å². The number of aliphatic hydroxyl groups excluding tert-OH is 3. The number of ketones is 1. The molecule has 13 heteroatoms. The van der Waals surface area contributed by atoms with E-state index in [0.29, 0.717) is 48.8 Å². The van der Waals surface area contributed by atoms with E-state index in [4.69, 9.17) is 23.4 Å². The van der Waals surface area contributed by atoms with Crippen LogP contribution in [0.5, 0.6) is 0 Å². The van der Waals surface area contributed by atoms with Crippen LogP contribution in [0.2, 0.25) is 0 Å². The van der Waals surface area contributed by atoms with Gasteiger partial charge in [0.25, 0.3) is 0 Å². The first-order valence-corrected chi connectivity index (χ1v) is 27.7. The van der Waals surface area contributed by atoms with E-state index in [-0.39, 0.29) is 60.5 Å². The quantitative estimate of drug-likeness (QED) is 0.145. The summed E-state index contributed by atoms with van der Waals surface area (Å²) in [4.78, 5) is 49.5. The Morgan fingerprint density at radius 3 is 2.69 bits per heavy atom. The van der Waals surface area contributed by atoms with Crippen molar-refractivity contribution >= 4 is 17.7 Å². The number of carbonyl (C=O) groups excluding carboxylic acids is 3. The fourth-order valence-corrected chi connectivity index (χ4v) is 23.1. The minimum atomic E-state index is -1.45. The minimum absolute atomic E-state index is 0.0391. The largest absolute Gasteiger partial charge is 0.469 e. The average molecular weight is 959 g/mol. The maximum atomic E-state index is 16.4. The fourth-order valence-electron chi connectivity index (χ4n) is 23.1. The molecule has 7 saturated carbocycles. The minimum Gasteiger partial charge on any atom is -0.469 e. The SMILES string of the molecule is C[C@@]12C[C@@H]3C[C@]45C[C@@H]6C=C[C@@]47C(=O)OC[C@@]48[C@@H]3[C@@](C3CCCCC3)([C@H](O)C(=O)[C@@H]4[C@]3(C)CC=C(C[C@H]5C6)[C@@]87O3)[C@]13O[C@@H]3C(=O)O[C@H]2c1ccoc1C[C@@H]([C@H]1CC[C@H]2[C@H](C=CN3CNC[C@H]23)C1)[C@H](O)CO. The second-order valence-corrected chi connectivity index (χ2v) is 26.5. The number of Topliss-reactive ketones (excluding diaryl/α,β-unsaturated/α-hetero) is 1. The number of rotatable bonds is 7. The highest BCUT2D eigenvalue weighted by Gasteiger charge is 3.00. The number of nitrogens with zero attached hydrogens (tertiary/aromatic N) is 1. The Morgan fingerprint density at radius 2 is 1.84 bits per heavy atom. The van der Waals surface area contributed by atoms with Crippen LogP contribution in [0.15, 0.2) is 52.8 Å². The number of fused-ring (bicyclic) bond motifs is 6. The molecule has 1 aromatic rings. The monoisotopic (exact) mass is 958 g/mol. The molecule has 0 unspecified atom stereocenters. The molecule has 15 aliphatic rings. The van der Waals surface area contributed by atoms with Gasteiger partial charge in [-0.25, -0.2) is 4.79 Å². The summed E-state index contributed by atoms with van der Waals surface area (Å²) in [6, 6.07) is 2.41. The lowest BCUT2D eigenvalue weighted by molar-refractivity contribution is -0.306. The second-order valence-electron chi connectivity index (χ2n) is 26.5. The van der Waals surface area contributed by atoms with E-state index in [1.807, 2.05) is 6.07 Å². The van der Waals surface area contributed by atoms with Crippen molar-refractivity contribution in [3.63, 3.8) is 0 Å². The van der Waals surface area contributed by atoms with Crippen LogP contribution in [0.1, 0.15) is 121 Å². The first-order chi connectivity index (χ1) is 33.8. The number of esters is 2. The topological polar surface area (TPSA) is 181 Å². The third kappa shape index (κ3) is 4.34. The lowest BCUT2D eigenvalue weighted by Crippen LogP contribution is -2.83. The van der Waals surface area contributed by atoms with Crippen LogP contribution < -0.4 is 5.32 Å². The van der Waals surface area contributed by atoms with Crippen molar-refractivity contribution in [3.05, 3.63) is 59.7 Å². The Kier molecular flexibility index (Phi) is 8.31. The average Bonchev–Trinajstić information content (AvgIpc) is 3.65. The number of aliphatic hydroxyl groups is 3. The van der Waals surface area contributed by atoms with E-state index in [2.05, 4.69) is 54.6 Å². The number of nitrogens with one attached hydrogen (secondary N) is 1. The molecule has 6 bridgehead atoms. The molecule has 13 nitrogen and oxygen atoms in total. The number of allylic oxidation sites excluding steroid dienone is 2. The van der Waals surface area contributed by atoms with Crippen LogP contribution in [0.3, 0.4) is 0 Å². The van der Waals surface area contributed by atoms with Gasteiger partial charge in [0.2, 0.25) is 0 Å². The Labute approximate surface area is 409 Å².